The van der Waals surface area contributed by atoms with Gasteiger partial charge in [0.25, 0.3) is 0 Å². The summed E-state index contributed by atoms with van der Waals surface area (Å²) in [6.45, 7) is 6.01. The van der Waals surface area contributed by atoms with Gasteiger partial charge in [-0.15, -0.1) is 0 Å². The van der Waals surface area contributed by atoms with Crippen molar-refractivity contribution < 1.29 is 0 Å². The number of aromatic nitrogens is 1. The SMILES string of the molecule is CC(C)N(Cc1ccccc1)Cc1ccc(Cl)nc1Cl. The predicted octanol–water partition coefficient (Wildman–Crippen LogP) is 4.80. The summed E-state index contributed by atoms with van der Waals surface area (Å²) >= 11 is 12.0. The normalized spacial score (nSPS) is 11.3. The molecule has 1 heterocycles. The molecule has 0 saturated heterocycles. The van der Waals surface area contributed by atoms with Gasteiger partial charge in [-0.2, -0.15) is 0 Å². The maximum atomic E-state index is 6.16. The molecule has 0 fully saturated rings. The maximum Gasteiger partial charge on any atom is 0.135 e. The number of hydrogen-bond donors (Lipinski definition) is 0. The number of halogens is 2. The third-order valence-electron chi connectivity index (χ3n) is 3.22. The molecule has 0 saturated carbocycles. The fourth-order valence-corrected chi connectivity index (χ4v) is 2.42. The molecule has 0 N–H and O–H groups in total. The minimum atomic E-state index is 0.418. The number of pyridine rings is 1. The van der Waals surface area contributed by atoms with Crippen LogP contribution in [0, 0.1) is 0 Å². The zero-order chi connectivity index (χ0) is 14.5. The Morgan fingerprint density at radius 2 is 1.70 bits per heavy atom. The molecular weight excluding hydrogens is 291 g/mol. The summed E-state index contributed by atoms with van der Waals surface area (Å²) in [4.78, 5) is 6.45. The van der Waals surface area contributed by atoms with Crippen LogP contribution in [0.1, 0.15) is 25.0 Å². The Morgan fingerprint density at radius 3 is 2.30 bits per heavy atom. The van der Waals surface area contributed by atoms with Crippen molar-refractivity contribution in [3.05, 3.63) is 63.9 Å². The van der Waals surface area contributed by atoms with Gasteiger partial charge in [-0.05, 0) is 25.5 Å². The molecule has 20 heavy (non-hydrogen) atoms. The molecule has 0 aliphatic heterocycles. The van der Waals surface area contributed by atoms with Crippen LogP contribution in [0.2, 0.25) is 10.3 Å². The van der Waals surface area contributed by atoms with E-state index < -0.39 is 0 Å². The van der Waals surface area contributed by atoms with E-state index in [9.17, 15) is 0 Å². The van der Waals surface area contributed by atoms with Crippen molar-refractivity contribution in [2.75, 3.05) is 0 Å². The molecule has 0 unspecified atom stereocenters. The van der Waals surface area contributed by atoms with Crippen molar-refractivity contribution in [3.8, 4) is 0 Å². The quantitative estimate of drug-likeness (QED) is 0.738. The van der Waals surface area contributed by atoms with Crippen molar-refractivity contribution in [1.29, 1.82) is 0 Å². The van der Waals surface area contributed by atoms with Crippen LogP contribution in [-0.4, -0.2) is 15.9 Å². The van der Waals surface area contributed by atoms with Crippen LogP contribution in [0.3, 0.4) is 0 Å². The summed E-state index contributed by atoms with van der Waals surface area (Å²) in [5.41, 5.74) is 2.29. The lowest BCUT2D eigenvalue weighted by atomic mass is 10.1. The van der Waals surface area contributed by atoms with Gasteiger partial charge in [0.15, 0.2) is 0 Å². The first kappa shape index (κ1) is 15.3. The van der Waals surface area contributed by atoms with Gasteiger partial charge in [-0.3, -0.25) is 4.90 Å². The Balaban J connectivity index is 2.13. The smallest absolute Gasteiger partial charge is 0.135 e. The van der Waals surface area contributed by atoms with Crippen LogP contribution in [0.5, 0.6) is 0 Å². The Morgan fingerprint density at radius 1 is 1.00 bits per heavy atom. The van der Waals surface area contributed by atoms with Crippen molar-refractivity contribution >= 4 is 23.2 Å². The molecular formula is C16H18Cl2N2. The molecule has 2 rings (SSSR count). The van der Waals surface area contributed by atoms with Crippen LogP contribution in [0.25, 0.3) is 0 Å². The van der Waals surface area contributed by atoms with Gasteiger partial charge >= 0.3 is 0 Å². The number of nitrogens with zero attached hydrogens (tertiary/aromatic N) is 2. The van der Waals surface area contributed by atoms with Crippen molar-refractivity contribution in [2.24, 2.45) is 0 Å². The third-order valence-corrected chi connectivity index (χ3v) is 3.76. The Bertz CT molecular complexity index is 556. The van der Waals surface area contributed by atoms with E-state index in [2.05, 4.69) is 48.0 Å². The highest BCUT2D eigenvalue weighted by Gasteiger charge is 2.13. The van der Waals surface area contributed by atoms with Gasteiger partial charge in [0.1, 0.15) is 10.3 Å². The fourth-order valence-electron chi connectivity index (χ4n) is 2.02. The first-order valence-corrected chi connectivity index (χ1v) is 7.40. The highest BCUT2D eigenvalue weighted by Crippen LogP contribution is 2.20. The highest BCUT2D eigenvalue weighted by atomic mass is 35.5. The van der Waals surface area contributed by atoms with Gasteiger partial charge in [0.2, 0.25) is 0 Å². The molecule has 1 aromatic carbocycles. The molecule has 0 atom stereocenters. The van der Waals surface area contributed by atoms with Crippen LogP contribution in [-0.2, 0) is 13.1 Å². The lowest BCUT2D eigenvalue weighted by Crippen LogP contribution is -2.30. The van der Waals surface area contributed by atoms with Crippen LogP contribution >= 0.6 is 23.2 Å². The van der Waals surface area contributed by atoms with E-state index in [0.717, 1.165) is 18.7 Å². The monoisotopic (exact) mass is 308 g/mol. The second kappa shape index (κ2) is 7.07. The molecule has 0 aliphatic rings. The molecule has 0 amide bonds. The van der Waals surface area contributed by atoms with Crippen molar-refractivity contribution in [1.82, 2.24) is 9.88 Å². The Labute approximate surface area is 130 Å². The largest absolute Gasteiger partial charge is 0.292 e. The molecule has 0 bridgehead atoms. The van der Waals surface area contributed by atoms with Crippen LogP contribution in [0.4, 0.5) is 0 Å². The van der Waals surface area contributed by atoms with E-state index in [1.165, 1.54) is 5.56 Å². The van der Waals surface area contributed by atoms with Crippen molar-refractivity contribution in [2.45, 2.75) is 33.0 Å². The van der Waals surface area contributed by atoms with Gasteiger partial charge in [0, 0.05) is 24.7 Å². The summed E-state index contributed by atoms with van der Waals surface area (Å²) < 4.78 is 0. The maximum absolute atomic E-state index is 6.16. The van der Waals surface area contributed by atoms with E-state index in [1.807, 2.05) is 12.1 Å². The molecule has 0 aliphatic carbocycles. The topological polar surface area (TPSA) is 16.1 Å². The first-order valence-electron chi connectivity index (χ1n) is 6.65. The standard InChI is InChI=1S/C16H18Cl2N2/c1-12(2)20(10-13-6-4-3-5-7-13)11-14-8-9-15(17)19-16(14)18/h3-9,12H,10-11H2,1-2H3. The molecule has 4 heteroatoms. The second-order valence-corrected chi connectivity index (χ2v) is 5.81. The summed E-state index contributed by atoms with van der Waals surface area (Å²) in [6, 6.07) is 14.6. The van der Waals surface area contributed by atoms with Gasteiger partial charge < -0.3 is 0 Å². The number of hydrogen-bond acceptors (Lipinski definition) is 2. The minimum Gasteiger partial charge on any atom is -0.292 e. The lowest BCUT2D eigenvalue weighted by molar-refractivity contribution is 0.203. The van der Waals surface area contributed by atoms with E-state index in [-0.39, 0.29) is 0 Å². The van der Waals surface area contributed by atoms with Gasteiger partial charge in [-0.1, -0.05) is 59.6 Å². The molecule has 0 spiro atoms. The molecule has 1 aromatic heterocycles. The molecule has 0 radical (unpaired) electrons. The third kappa shape index (κ3) is 4.20. The highest BCUT2D eigenvalue weighted by molar-refractivity contribution is 6.32. The van der Waals surface area contributed by atoms with Crippen LogP contribution in [0.15, 0.2) is 42.5 Å². The summed E-state index contributed by atoms with van der Waals surface area (Å²) in [5, 5.41) is 0.911. The average molecular weight is 309 g/mol. The zero-order valence-corrected chi connectivity index (χ0v) is 13.2. The van der Waals surface area contributed by atoms with E-state index in [0.29, 0.717) is 16.3 Å². The van der Waals surface area contributed by atoms with Crippen molar-refractivity contribution in [3.63, 3.8) is 0 Å². The second-order valence-electron chi connectivity index (χ2n) is 5.07. The zero-order valence-electron chi connectivity index (χ0n) is 11.7. The number of rotatable bonds is 5. The molecule has 2 nitrogen and oxygen atoms in total. The minimum absolute atomic E-state index is 0.418. The van der Waals surface area contributed by atoms with Gasteiger partial charge in [0.05, 0.1) is 0 Å². The van der Waals surface area contributed by atoms with Crippen LogP contribution < -0.4 is 0 Å². The lowest BCUT2D eigenvalue weighted by Gasteiger charge is -2.27. The summed E-state index contributed by atoms with van der Waals surface area (Å²) in [6.07, 6.45) is 0. The number of benzene rings is 1. The predicted molar refractivity (Wildman–Crippen MR) is 85.1 cm³/mol. The van der Waals surface area contributed by atoms with E-state index in [4.69, 9.17) is 23.2 Å². The summed E-state index contributed by atoms with van der Waals surface area (Å²) in [5.74, 6) is 0. The Kier molecular flexibility index (Phi) is 5.41. The molecule has 2 aromatic rings. The Hall–Kier alpha value is -1.09. The first-order chi connectivity index (χ1) is 9.56. The fraction of sp³-hybridized carbons (Fsp3) is 0.312. The molecule has 106 valence electrons. The summed E-state index contributed by atoms with van der Waals surface area (Å²) in [7, 11) is 0. The van der Waals surface area contributed by atoms with E-state index in [1.54, 1.807) is 6.07 Å². The van der Waals surface area contributed by atoms with E-state index >= 15 is 0 Å². The average Bonchev–Trinajstić information content (AvgIpc) is 2.42. The van der Waals surface area contributed by atoms with Gasteiger partial charge in [-0.25, -0.2) is 4.98 Å².